The van der Waals surface area contributed by atoms with Crippen molar-refractivity contribution in [2.75, 3.05) is 12.4 Å². The summed E-state index contributed by atoms with van der Waals surface area (Å²) in [5.74, 6) is 1.31. The zero-order valence-electron chi connectivity index (χ0n) is 14.1. The monoisotopic (exact) mass is 350 g/mol. The summed E-state index contributed by atoms with van der Waals surface area (Å²) in [4.78, 5) is 12.6. The number of pyridine rings is 1. The maximum atomic E-state index is 13.8. The molecule has 0 fully saturated rings. The summed E-state index contributed by atoms with van der Waals surface area (Å²) in [6.45, 7) is 1.88. The minimum Gasteiger partial charge on any atom is -0.494 e. The topological polar surface area (TPSA) is 77.8 Å². The van der Waals surface area contributed by atoms with Crippen LogP contribution in [0, 0.1) is 12.7 Å². The maximum Gasteiger partial charge on any atom is 0.150 e. The van der Waals surface area contributed by atoms with Crippen LogP contribution in [0.4, 0.5) is 16.0 Å². The number of aryl methyl sites for hydroxylation is 1. The van der Waals surface area contributed by atoms with Gasteiger partial charge in [-0.05, 0) is 19.1 Å². The number of ether oxygens (including phenoxy) is 1. The number of anilines is 2. The van der Waals surface area contributed by atoms with Gasteiger partial charge < -0.3 is 10.1 Å². The van der Waals surface area contributed by atoms with Crippen LogP contribution in [0.2, 0.25) is 0 Å². The molecular formula is C18H15FN6O. The third kappa shape index (κ3) is 2.81. The molecule has 0 aliphatic heterocycles. The summed E-state index contributed by atoms with van der Waals surface area (Å²) in [6.07, 6.45) is 6.51. The third-order valence-electron chi connectivity index (χ3n) is 3.94. The van der Waals surface area contributed by atoms with E-state index in [1.165, 1.54) is 19.2 Å². The van der Waals surface area contributed by atoms with Gasteiger partial charge in [0.2, 0.25) is 0 Å². The highest BCUT2D eigenvalue weighted by Gasteiger charge is 2.15. The first kappa shape index (κ1) is 15.9. The van der Waals surface area contributed by atoms with Crippen LogP contribution in [0.3, 0.4) is 0 Å². The molecule has 0 atom stereocenters. The zero-order chi connectivity index (χ0) is 18.1. The van der Waals surface area contributed by atoms with Gasteiger partial charge in [0.25, 0.3) is 0 Å². The van der Waals surface area contributed by atoms with Crippen molar-refractivity contribution in [3.63, 3.8) is 0 Å². The number of fused-ring (bicyclic) bond motifs is 1. The fraction of sp³-hybridized carbons (Fsp3) is 0.111. The summed E-state index contributed by atoms with van der Waals surface area (Å²) in [6, 6.07) is 6.15. The van der Waals surface area contributed by atoms with Gasteiger partial charge in [-0.25, -0.2) is 19.0 Å². The lowest BCUT2D eigenvalue weighted by atomic mass is 10.2. The molecule has 0 amide bonds. The number of halogens is 1. The Bertz CT molecular complexity index is 1080. The number of rotatable bonds is 4. The molecule has 0 saturated carbocycles. The van der Waals surface area contributed by atoms with E-state index in [1.807, 2.05) is 13.0 Å². The van der Waals surface area contributed by atoms with Crippen LogP contribution in [0.1, 0.15) is 5.69 Å². The Hall–Kier alpha value is -3.55. The number of hydrogen-bond acceptors (Lipinski definition) is 6. The lowest BCUT2D eigenvalue weighted by Gasteiger charge is -2.10. The summed E-state index contributed by atoms with van der Waals surface area (Å²) >= 11 is 0. The Morgan fingerprint density at radius 2 is 1.96 bits per heavy atom. The highest BCUT2D eigenvalue weighted by molar-refractivity contribution is 5.85. The average Bonchev–Trinajstić information content (AvgIpc) is 2.98. The molecule has 1 aromatic carbocycles. The molecule has 4 aromatic rings. The first-order chi connectivity index (χ1) is 12.7. The maximum absolute atomic E-state index is 13.8. The van der Waals surface area contributed by atoms with Crippen molar-refractivity contribution in [3.05, 3.63) is 60.6 Å². The number of nitrogens with one attached hydrogen (secondary N) is 1. The number of nitrogens with zero attached hydrogens (tertiary/aromatic N) is 5. The van der Waals surface area contributed by atoms with Gasteiger partial charge in [-0.3, -0.25) is 4.98 Å². The van der Waals surface area contributed by atoms with Gasteiger partial charge in [0.1, 0.15) is 28.9 Å². The highest BCUT2D eigenvalue weighted by atomic mass is 19.1. The molecule has 0 saturated heterocycles. The molecule has 26 heavy (non-hydrogen) atoms. The van der Waals surface area contributed by atoms with Gasteiger partial charge >= 0.3 is 0 Å². The summed E-state index contributed by atoms with van der Waals surface area (Å²) in [7, 11) is 1.54. The lowest BCUT2D eigenvalue weighted by molar-refractivity contribution is 0.411. The summed E-state index contributed by atoms with van der Waals surface area (Å²) in [5.41, 5.74) is 2.07. The summed E-state index contributed by atoms with van der Waals surface area (Å²) in [5, 5.41) is 8.49. The Kier molecular flexibility index (Phi) is 3.92. The fourth-order valence-electron chi connectivity index (χ4n) is 2.73. The van der Waals surface area contributed by atoms with Crippen molar-refractivity contribution in [1.82, 2.24) is 24.7 Å². The Labute approximate surface area is 148 Å². The second-order valence-corrected chi connectivity index (χ2v) is 5.62. The Balaban J connectivity index is 1.86. The summed E-state index contributed by atoms with van der Waals surface area (Å²) < 4.78 is 20.8. The van der Waals surface area contributed by atoms with Crippen LogP contribution in [0.25, 0.3) is 16.6 Å². The van der Waals surface area contributed by atoms with Crippen molar-refractivity contribution in [3.8, 4) is 11.4 Å². The first-order valence-corrected chi connectivity index (χ1v) is 7.88. The molecule has 3 heterocycles. The van der Waals surface area contributed by atoms with E-state index in [1.54, 1.807) is 35.5 Å². The molecule has 1 N–H and O–H groups in total. The van der Waals surface area contributed by atoms with Crippen LogP contribution in [-0.4, -0.2) is 31.8 Å². The van der Waals surface area contributed by atoms with E-state index in [2.05, 4.69) is 25.4 Å². The van der Waals surface area contributed by atoms with E-state index in [4.69, 9.17) is 4.74 Å². The van der Waals surface area contributed by atoms with E-state index in [0.717, 1.165) is 16.6 Å². The minimum absolute atomic E-state index is 0.367. The lowest BCUT2D eigenvalue weighted by Crippen LogP contribution is -2.02. The van der Waals surface area contributed by atoms with Gasteiger partial charge in [0.05, 0.1) is 24.5 Å². The van der Waals surface area contributed by atoms with E-state index in [0.29, 0.717) is 23.1 Å². The molecule has 0 spiro atoms. The third-order valence-corrected chi connectivity index (χ3v) is 3.94. The number of benzene rings is 1. The SMILES string of the molecule is COc1ccc(F)cc1-n1nc(C)c2cnc(Nc3cnccn3)cc21. The molecule has 0 unspecified atom stereocenters. The van der Waals surface area contributed by atoms with Crippen molar-refractivity contribution in [2.45, 2.75) is 6.92 Å². The van der Waals surface area contributed by atoms with Crippen molar-refractivity contribution < 1.29 is 9.13 Å². The molecule has 8 heteroatoms. The van der Waals surface area contributed by atoms with E-state index < -0.39 is 0 Å². The van der Waals surface area contributed by atoms with Crippen LogP contribution < -0.4 is 10.1 Å². The minimum atomic E-state index is -0.367. The molecule has 4 rings (SSSR count). The van der Waals surface area contributed by atoms with Gasteiger partial charge in [-0.1, -0.05) is 0 Å². The van der Waals surface area contributed by atoms with Crippen LogP contribution in [0.15, 0.2) is 49.1 Å². The predicted molar refractivity (Wildman–Crippen MR) is 95.4 cm³/mol. The molecule has 0 radical (unpaired) electrons. The zero-order valence-corrected chi connectivity index (χ0v) is 14.1. The molecule has 7 nitrogen and oxygen atoms in total. The van der Waals surface area contributed by atoms with Crippen LogP contribution in [0.5, 0.6) is 5.75 Å². The van der Waals surface area contributed by atoms with Crippen molar-refractivity contribution in [1.29, 1.82) is 0 Å². The van der Waals surface area contributed by atoms with E-state index in [9.17, 15) is 4.39 Å². The molecule has 0 bridgehead atoms. The van der Waals surface area contributed by atoms with E-state index in [-0.39, 0.29) is 5.82 Å². The smallest absolute Gasteiger partial charge is 0.150 e. The normalized spacial score (nSPS) is 10.9. The average molecular weight is 350 g/mol. The van der Waals surface area contributed by atoms with Crippen molar-refractivity contribution >= 4 is 22.5 Å². The second-order valence-electron chi connectivity index (χ2n) is 5.62. The Morgan fingerprint density at radius 1 is 1.08 bits per heavy atom. The fourth-order valence-corrected chi connectivity index (χ4v) is 2.73. The molecule has 130 valence electrons. The largest absolute Gasteiger partial charge is 0.494 e. The first-order valence-electron chi connectivity index (χ1n) is 7.88. The quantitative estimate of drug-likeness (QED) is 0.608. The number of aromatic nitrogens is 5. The molecular weight excluding hydrogens is 335 g/mol. The van der Waals surface area contributed by atoms with Gasteiger partial charge in [0.15, 0.2) is 0 Å². The molecule has 0 aliphatic rings. The van der Waals surface area contributed by atoms with Gasteiger partial charge in [-0.15, -0.1) is 0 Å². The number of methoxy groups -OCH3 is 1. The number of hydrogen-bond donors (Lipinski definition) is 1. The van der Waals surface area contributed by atoms with Gasteiger partial charge in [-0.2, -0.15) is 5.10 Å². The standard InChI is InChI=1S/C18H15FN6O/c1-11-13-9-22-17(23-18-10-20-5-6-21-18)8-14(13)25(24-11)15-7-12(19)3-4-16(15)26-2/h3-10H,1-2H3,(H,21,22,23). The van der Waals surface area contributed by atoms with Crippen LogP contribution in [-0.2, 0) is 0 Å². The van der Waals surface area contributed by atoms with E-state index >= 15 is 0 Å². The highest BCUT2D eigenvalue weighted by Crippen LogP contribution is 2.29. The predicted octanol–water partition coefficient (Wildman–Crippen LogP) is 3.41. The van der Waals surface area contributed by atoms with Crippen molar-refractivity contribution in [2.24, 2.45) is 0 Å². The van der Waals surface area contributed by atoms with Crippen LogP contribution >= 0.6 is 0 Å². The molecule has 3 aromatic heterocycles. The van der Waals surface area contributed by atoms with Gasteiger partial charge in [0, 0.05) is 36.1 Å². The Morgan fingerprint density at radius 3 is 2.73 bits per heavy atom. The second kappa shape index (κ2) is 6.40. The molecule has 0 aliphatic carbocycles.